The standard InChI is InChI=1S/C7H5BrFN3OS/c8-6-1-4(9)5(14-6)2-12-3-10-11-7(12)13/h1,3H,2H2,(H,11,13). The van der Waals surface area contributed by atoms with Crippen LogP contribution < -0.4 is 5.69 Å². The second kappa shape index (κ2) is 3.66. The van der Waals surface area contributed by atoms with Gasteiger partial charge in [-0.3, -0.25) is 4.57 Å². The molecule has 0 aliphatic heterocycles. The van der Waals surface area contributed by atoms with Crippen molar-refractivity contribution in [2.45, 2.75) is 6.54 Å². The Morgan fingerprint density at radius 3 is 3.00 bits per heavy atom. The maximum atomic E-state index is 13.2. The molecule has 0 fully saturated rings. The molecule has 0 atom stereocenters. The summed E-state index contributed by atoms with van der Waals surface area (Å²) < 4.78 is 15.2. The maximum absolute atomic E-state index is 13.2. The Morgan fingerprint density at radius 2 is 2.50 bits per heavy atom. The van der Waals surface area contributed by atoms with Crippen molar-refractivity contribution in [1.82, 2.24) is 14.8 Å². The number of aromatic nitrogens is 3. The third-order valence-corrected chi connectivity index (χ3v) is 3.26. The largest absolute Gasteiger partial charge is 0.343 e. The molecule has 0 radical (unpaired) electrons. The summed E-state index contributed by atoms with van der Waals surface area (Å²) in [5, 5.41) is 5.79. The van der Waals surface area contributed by atoms with Crippen LogP contribution in [0, 0.1) is 5.82 Å². The highest BCUT2D eigenvalue weighted by Gasteiger charge is 2.08. The van der Waals surface area contributed by atoms with Gasteiger partial charge in [0.15, 0.2) is 0 Å². The van der Waals surface area contributed by atoms with Gasteiger partial charge in [0.2, 0.25) is 0 Å². The van der Waals surface area contributed by atoms with E-state index in [9.17, 15) is 9.18 Å². The molecule has 7 heteroatoms. The Kier molecular flexibility index (Phi) is 2.51. The summed E-state index contributed by atoms with van der Waals surface area (Å²) in [5.74, 6) is -0.310. The first-order valence-electron chi connectivity index (χ1n) is 3.70. The Hall–Kier alpha value is -0.950. The van der Waals surface area contributed by atoms with Crippen LogP contribution in [0.1, 0.15) is 4.88 Å². The third kappa shape index (κ3) is 1.78. The van der Waals surface area contributed by atoms with Crippen molar-refractivity contribution in [3.8, 4) is 0 Å². The zero-order chi connectivity index (χ0) is 10.1. The number of hydrogen-bond donors (Lipinski definition) is 1. The summed E-state index contributed by atoms with van der Waals surface area (Å²) in [7, 11) is 0. The van der Waals surface area contributed by atoms with Crippen molar-refractivity contribution in [3.63, 3.8) is 0 Å². The van der Waals surface area contributed by atoms with Crippen LogP contribution in [-0.2, 0) is 6.54 Å². The van der Waals surface area contributed by atoms with E-state index in [4.69, 9.17) is 0 Å². The Bertz CT molecular complexity index is 503. The van der Waals surface area contributed by atoms with E-state index < -0.39 is 0 Å². The predicted octanol–water partition coefficient (Wildman–Crippen LogP) is 1.58. The molecule has 0 bridgehead atoms. The van der Waals surface area contributed by atoms with E-state index in [0.29, 0.717) is 8.66 Å². The van der Waals surface area contributed by atoms with Gasteiger partial charge in [-0.05, 0) is 22.0 Å². The number of halogens is 2. The molecule has 74 valence electrons. The van der Waals surface area contributed by atoms with Crippen molar-refractivity contribution in [2.24, 2.45) is 0 Å². The minimum Gasteiger partial charge on any atom is -0.276 e. The highest BCUT2D eigenvalue weighted by Crippen LogP contribution is 2.26. The number of H-pyrrole nitrogens is 1. The van der Waals surface area contributed by atoms with Gasteiger partial charge in [0.1, 0.15) is 12.1 Å². The minimum absolute atomic E-state index is 0.206. The van der Waals surface area contributed by atoms with E-state index in [1.54, 1.807) is 0 Å². The molecule has 1 N–H and O–H groups in total. The van der Waals surface area contributed by atoms with Crippen molar-refractivity contribution >= 4 is 27.3 Å². The molecule has 14 heavy (non-hydrogen) atoms. The topological polar surface area (TPSA) is 50.7 Å². The normalized spacial score (nSPS) is 10.7. The molecule has 2 aromatic rings. The second-order valence-electron chi connectivity index (χ2n) is 2.61. The lowest BCUT2D eigenvalue weighted by Gasteiger charge is -1.95. The molecule has 0 saturated heterocycles. The predicted molar refractivity (Wildman–Crippen MR) is 53.9 cm³/mol. The van der Waals surface area contributed by atoms with Crippen molar-refractivity contribution in [2.75, 3.05) is 0 Å². The van der Waals surface area contributed by atoms with E-state index in [1.165, 1.54) is 28.3 Å². The summed E-state index contributed by atoms with van der Waals surface area (Å²) in [5.41, 5.74) is -0.339. The first kappa shape index (κ1) is 9.60. The minimum atomic E-state index is -0.339. The fraction of sp³-hybridized carbons (Fsp3) is 0.143. The maximum Gasteiger partial charge on any atom is 0.343 e. The second-order valence-corrected chi connectivity index (χ2v) is 5.13. The molecule has 0 aliphatic carbocycles. The Balaban J connectivity index is 2.31. The van der Waals surface area contributed by atoms with Crippen LogP contribution in [0.2, 0.25) is 0 Å². The van der Waals surface area contributed by atoms with Gasteiger partial charge in [0, 0.05) is 0 Å². The van der Waals surface area contributed by atoms with E-state index in [0.717, 1.165) is 0 Å². The average Bonchev–Trinajstić information content (AvgIpc) is 2.62. The van der Waals surface area contributed by atoms with Crippen LogP contribution in [0.25, 0.3) is 0 Å². The van der Waals surface area contributed by atoms with Gasteiger partial charge in [-0.25, -0.2) is 14.3 Å². The summed E-state index contributed by atoms with van der Waals surface area (Å²) in [6, 6.07) is 1.38. The van der Waals surface area contributed by atoms with Gasteiger partial charge in [-0.2, -0.15) is 5.10 Å². The number of thiophene rings is 1. The van der Waals surface area contributed by atoms with Crippen LogP contribution >= 0.6 is 27.3 Å². The van der Waals surface area contributed by atoms with Crippen molar-refractivity contribution < 1.29 is 4.39 Å². The molecule has 2 aromatic heterocycles. The van der Waals surface area contributed by atoms with Gasteiger partial charge in [0.05, 0.1) is 15.2 Å². The lowest BCUT2D eigenvalue weighted by molar-refractivity contribution is 0.606. The molecule has 0 amide bonds. The van der Waals surface area contributed by atoms with Gasteiger partial charge in [-0.1, -0.05) is 0 Å². The summed E-state index contributed by atoms with van der Waals surface area (Å²) >= 11 is 4.43. The fourth-order valence-electron chi connectivity index (χ4n) is 1.02. The number of nitrogens with one attached hydrogen (secondary N) is 1. The first-order chi connectivity index (χ1) is 6.66. The van der Waals surface area contributed by atoms with Crippen LogP contribution in [0.4, 0.5) is 4.39 Å². The molecule has 0 unspecified atom stereocenters. The molecule has 2 rings (SSSR count). The third-order valence-electron chi connectivity index (χ3n) is 1.66. The van der Waals surface area contributed by atoms with E-state index in [2.05, 4.69) is 26.1 Å². The molecule has 0 saturated carbocycles. The molecule has 0 aromatic carbocycles. The molecule has 0 spiro atoms. The van der Waals surface area contributed by atoms with Gasteiger partial charge in [0.25, 0.3) is 0 Å². The highest BCUT2D eigenvalue weighted by atomic mass is 79.9. The summed E-state index contributed by atoms with van der Waals surface area (Å²) in [6.45, 7) is 0.206. The number of hydrogen-bond acceptors (Lipinski definition) is 3. The van der Waals surface area contributed by atoms with E-state index in [-0.39, 0.29) is 18.1 Å². The first-order valence-corrected chi connectivity index (χ1v) is 5.31. The molecule has 0 aliphatic rings. The zero-order valence-corrected chi connectivity index (χ0v) is 9.23. The van der Waals surface area contributed by atoms with E-state index >= 15 is 0 Å². The van der Waals surface area contributed by atoms with Crippen LogP contribution in [0.5, 0.6) is 0 Å². The quantitative estimate of drug-likeness (QED) is 0.906. The Labute approximate surface area is 90.5 Å². The van der Waals surface area contributed by atoms with Crippen LogP contribution in [0.15, 0.2) is 21.0 Å². The van der Waals surface area contributed by atoms with Gasteiger partial charge < -0.3 is 0 Å². The summed E-state index contributed by atoms with van der Waals surface area (Å²) in [4.78, 5) is 11.6. The highest BCUT2D eigenvalue weighted by molar-refractivity contribution is 9.11. The van der Waals surface area contributed by atoms with Gasteiger partial charge >= 0.3 is 5.69 Å². The van der Waals surface area contributed by atoms with E-state index in [1.807, 2.05) is 0 Å². The van der Waals surface area contributed by atoms with Crippen molar-refractivity contribution in [3.05, 3.63) is 37.4 Å². The molecule has 2 heterocycles. The fourth-order valence-corrected chi connectivity index (χ4v) is 2.57. The average molecular weight is 278 g/mol. The van der Waals surface area contributed by atoms with Gasteiger partial charge in [-0.15, -0.1) is 11.3 Å². The molecular formula is C7H5BrFN3OS. The number of nitrogens with zero attached hydrogens (tertiary/aromatic N) is 2. The van der Waals surface area contributed by atoms with Crippen LogP contribution in [-0.4, -0.2) is 14.8 Å². The number of rotatable bonds is 2. The zero-order valence-electron chi connectivity index (χ0n) is 6.83. The molecular weight excluding hydrogens is 273 g/mol. The molecule has 4 nitrogen and oxygen atoms in total. The Morgan fingerprint density at radius 1 is 1.71 bits per heavy atom. The SMILES string of the molecule is O=c1[nH]ncn1Cc1sc(Br)cc1F. The van der Waals surface area contributed by atoms with Crippen molar-refractivity contribution in [1.29, 1.82) is 0 Å². The van der Waals surface area contributed by atoms with Crippen LogP contribution in [0.3, 0.4) is 0 Å². The smallest absolute Gasteiger partial charge is 0.276 e. The monoisotopic (exact) mass is 277 g/mol. The lowest BCUT2D eigenvalue weighted by atomic mass is 10.4. The lowest BCUT2D eigenvalue weighted by Crippen LogP contribution is -2.16. The summed E-state index contributed by atoms with van der Waals surface area (Å²) in [6.07, 6.45) is 1.34. The number of aromatic amines is 1.